The number of ketones is 1. The van der Waals surface area contributed by atoms with E-state index in [1.54, 1.807) is 0 Å². The average Bonchev–Trinajstić information content (AvgIpc) is 2.53. The SMILES string of the molecule is CC(C)C(Br)C(=O)c1ccc(OCc2ccccc2)cc1. The number of hydrogen-bond acceptors (Lipinski definition) is 2. The molecule has 0 saturated heterocycles. The Morgan fingerprint density at radius 1 is 1.05 bits per heavy atom. The van der Waals surface area contributed by atoms with Crippen molar-refractivity contribution < 1.29 is 9.53 Å². The lowest BCUT2D eigenvalue weighted by molar-refractivity contribution is 0.0978. The molecule has 1 unspecified atom stereocenters. The van der Waals surface area contributed by atoms with Crippen molar-refractivity contribution in [1.82, 2.24) is 0 Å². The van der Waals surface area contributed by atoms with Crippen LogP contribution in [0, 0.1) is 5.92 Å². The van der Waals surface area contributed by atoms with Gasteiger partial charge in [0.15, 0.2) is 5.78 Å². The Labute approximate surface area is 134 Å². The Balaban J connectivity index is 1.97. The molecule has 2 aromatic carbocycles. The van der Waals surface area contributed by atoms with Crippen LogP contribution < -0.4 is 4.74 Å². The zero-order chi connectivity index (χ0) is 15.2. The molecule has 0 saturated carbocycles. The van der Waals surface area contributed by atoms with Crippen LogP contribution in [0.5, 0.6) is 5.75 Å². The monoisotopic (exact) mass is 346 g/mol. The number of benzene rings is 2. The second-order valence-corrected chi connectivity index (χ2v) is 6.30. The molecule has 0 spiro atoms. The van der Waals surface area contributed by atoms with Gasteiger partial charge in [-0.3, -0.25) is 4.79 Å². The second kappa shape index (κ2) is 7.41. The molecule has 0 amide bonds. The summed E-state index contributed by atoms with van der Waals surface area (Å²) in [5.41, 5.74) is 1.83. The highest BCUT2D eigenvalue weighted by Crippen LogP contribution is 2.20. The van der Waals surface area contributed by atoms with Crippen molar-refractivity contribution in [1.29, 1.82) is 0 Å². The largest absolute Gasteiger partial charge is 0.489 e. The van der Waals surface area contributed by atoms with E-state index in [0.29, 0.717) is 12.2 Å². The number of carbonyl (C=O) groups is 1. The third-order valence-electron chi connectivity index (χ3n) is 3.22. The molecule has 0 aliphatic rings. The summed E-state index contributed by atoms with van der Waals surface area (Å²) in [6.45, 7) is 4.57. The van der Waals surface area contributed by atoms with Gasteiger partial charge in [-0.15, -0.1) is 0 Å². The van der Waals surface area contributed by atoms with E-state index in [-0.39, 0.29) is 16.5 Å². The van der Waals surface area contributed by atoms with E-state index in [1.807, 2.05) is 68.4 Å². The average molecular weight is 347 g/mol. The standard InChI is InChI=1S/C18H19BrO2/c1-13(2)17(19)18(20)15-8-10-16(11-9-15)21-12-14-6-4-3-5-7-14/h3-11,13,17H,12H2,1-2H3. The van der Waals surface area contributed by atoms with E-state index in [1.165, 1.54) is 0 Å². The Morgan fingerprint density at radius 2 is 1.67 bits per heavy atom. The Bertz CT molecular complexity index is 576. The molecule has 0 aromatic heterocycles. The molecule has 2 aromatic rings. The number of rotatable bonds is 6. The minimum atomic E-state index is -0.145. The molecule has 2 rings (SSSR count). The van der Waals surface area contributed by atoms with Crippen LogP contribution in [0.1, 0.15) is 29.8 Å². The van der Waals surface area contributed by atoms with Crippen LogP contribution in [0.2, 0.25) is 0 Å². The zero-order valence-corrected chi connectivity index (χ0v) is 13.8. The third-order valence-corrected chi connectivity index (χ3v) is 4.70. The molecule has 0 radical (unpaired) electrons. The molecule has 0 N–H and O–H groups in total. The highest BCUT2D eigenvalue weighted by molar-refractivity contribution is 9.10. The summed E-state index contributed by atoms with van der Waals surface area (Å²) in [5.74, 6) is 1.15. The third kappa shape index (κ3) is 4.43. The van der Waals surface area contributed by atoms with E-state index in [9.17, 15) is 4.79 Å². The normalized spacial score (nSPS) is 12.2. The number of hydrogen-bond donors (Lipinski definition) is 0. The summed E-state index contributed by atoms with van der Waals surface area (Å²) in [7, 11) is 0. The molecule has 0 fully saturated rings. The summed E-state index contributed by atoms with van der Waals surface area (Å²) in [6, 6.07) is 17.3. The zero-order valence-electron chi connectivity index (χ0n) is 12.3. The molecule has 0 bridgehead atoms. The van der Waals surface area contributed by atoms with Crippen molar-refractivity contribution in [3.63, 3.8) is 0 Å². The highest BCUT2D eigenvalue weighted by Gasteiger charge is 2.19. The van der Waals surface area contributed by atoms with Crippen LogP contribution in [0.15, 0.2) is 54.6 Å². The van der Waals surface area contributed by atoms with Crippen molar-refractivity contribution in [2.75, 3.05) is 0 Å². The molecular formula is C18H19BrO2. The van der Waals surface area contributed by atoms with E-state index < -0.39 is 0 Å². The van der Waals surface area contributed by atoms with Gasteiger partial charge in [0.25, 0.3) is 0 Å². The Morgan fingerprint density at radius 3 is 2.24 bits per heavy atom. The number of halogens is 1. The number of carbonyl (C=O) groups excluding carboxylic acids is 1. The first-order chi connectivity index (χ1) is 10.1. The van der Waals surface area contributed by atoms with E-state index in [2.05, 4.69) is 15.9 Å². The summed E-state index contributed by atoms with van der Waals surface area (Å²) >= 11 is 3.44. The van der Waals surface area contributed by atoms with Crippen molar-refractivity contribution in [3.05, 3.63) is 65.7 Å². The molecular weight excluding hydrogens is 328 g/mol. The van der Waals surface area contributed by atoms with Crippen molar-refractivity contribution >= 4 is 21.7 Å². The molecule has 0 aliphatic heterocycles. The maximum absolute atomic E-state index is 12.2. The second-order valence-electron chi connectivity index (χ2n) is 5.31. The molecule has 3 heteroatoms. The van der Waals surface area contributed by atoms with Gasteiger partial charge in [-0.2, -0.15) is 0 Å². The van der Waals surface area contributed by atoms with Gasteiger partial charge in [0.1, 0.15) is 12.4 Å². The molecule has 0 heterocycles. The topological polar surface area (TPSA) is 26.3 Å². The van der Waals surface area contributed by atoms with Gasteiger partial charge in [0, 0.05) is 5.56 Å². The van der Waals surface area contributed by atoms with Crippen LogP contribution in [0.4, 0.5) is 0 Å². The van der Waals surface area contributed by atoms with Crippen LogP contribution in [0.3, 0.4) is 0 Å². The maximum atomic E-state index is 12.2. The highest BCUT2D eigenvalue weighted by atomic mass is 79.9. The fourth-order valence-corrected chi connectivity index (χ4v) is 2.18. The van der Waals surface area contributed by atoms with Gasteiger partial charge in [-0.1, -0.05) is 60.1 Å². The minimum Gasteiger partial charge on any atom is -0.489 e. The van der Waals surface area contributed by atoms with Crippen molar-refractivity contribution in [2.24, 2.45) is 5.92 Å². The van der Waals surface area contributed by atoms with Crippen molar-refractivity contribution in [3.8, 4) is 5.75 Å². The van der Waals surface area contributed by atoms with E-state index in [4.69, 9.17) is 4.74 Å². The lowest BCUT2D eigenvalue weighted by Gasteiger charge is -2.13. The van der Waals surface area contributed by atoms with Gasteiger partial charge in [-0.25, -0.2) is 0 Å². The first-order valence-electron chi connectivity index (χ1n) is 7.03. The van der Waals surface area contributed by atoms with Crippen LogP contribution >= 0.6 is 15.9 Å². The van der Waals surface area contributed by atoms with Gasteiger partial charge >= 0.3 is 0 Å². The van der Waals surface area contributed by atoms with Crippen LogP contribution in [-0.2, 0) is 6.61 Å². The lowest BCUT2D eigenvalue weighted by atomic mass is 10.0. The summed E-state index contributed by atoms with van der Waals surface area (Å²) < 4.78 is 5.71. The molecule has 1 atom stereocenters. The van der Waals surface area contributed by atoms with Gasteiger partial charge in [0.2, 0.25) is 0 Å². The number of ether oxygens (including phenoxy) is 1. The molecule has 110 valence electrons. The molecule has 0 aliphatic carbocycles. The quantitative estimate of drug-likeness (QED) is 0.551. The van der Waals surface area contributed by atoms with Gasteiger partial charge in [0.05, 0.1) is 4.83 Å². The fourth-order valence-electron chi connectivity index (χ4n) is 1.92. The van der Waals surface area contributed by atoms with Crippen LogP contribution in [-0.4, -0.2) is 10.6 Å². The van der Waals surface area contributed by atoms with E-state index >= 15 is 0 Å². The predicted octanol–water partition coefficient (Wildman–Crippen LogP) is 4.87. The first-order valence-corrected chi connectivity index (χ1v) is 7.94. The molecule has 2 nitrogen and oxygen atoms in total. The summed E-state index contributed by atoms with van der Waals surface area (Å²) in [6.07, 6.45) is 0. The van der Waals surface area contributed by atoms with Crippen molar-refractivity contribution in [2.45, 2.75) is 25.3 Å². The maximum Gasteiger partial charge on any atom is 0.176 e. The summed E-state index contributed by atoms with van der Waals surface area (Å²) in [4.78, 5) is 12.0. The van der Waals surface area contributed by atoms with Crippen LogP contribution in [0.25, 0.3) is 0 Å². The summed E-state index contributed by atoms with van der Waals surface area (Å²) in [5, 5.41) is 0. The fraction of sp³-hybridized carbons (Fsp3) is 0.278. The van der Waals surface area contributed by atoms with Gasteiger partial charge < -0.3 is 4.74 Å². The van der Waals surface area contributed by atoms with Gasteiger partial charge in [-0.05, 0) is 35.7 Å². The molecule has 21 heavy (non-hydrogen) atoms. The number of Topliss-reactive ketones (excluding diaryl/α,β-unsaturated/α-hetero) is 1. The smallest absolute Gasteiger partial charge is 0.176 e. The first kappa shape index (κ1) is 15.8. The Kier molecular flexibility index (Phi) is 5.57. The lowest BCUT2D eigenvalue weighted by Crippen LogP contribution is -2.19. The minimum absolute atomic E-state index is 0.111. The Hall–Kier alpha value is -1.61. The number of alkyl halides is 1. The van der Waals surface area contributed by atoms with E-state index in [0.717, 1.165) is 11.3 Å². The predicted molar refractivity (Wildman–Crippen MR) is 89.1 cm³/mol.